The van der Waals surface area contributed by atoms with Crippen LogP contribution in [0.2, 0.25) is 36.3 Å². The second-order valence-electron chi connectivity index (χ2n) is 16.6. The van der Waals surface area contributed by atoms with Gasteiger partial charge in [-0.05, 0) is 49.2 Å². The summed E-state index contributed by atoms with van der Waals surface area (Å²) < 4.78 is 18.0. The van der Waals surface area contributed by atoms with E-state index in [2.05, 4.69) is 126 Å². The normalized spacial score (nSPS) is 12.8. The van der Waals surface area contributed by atoms with E-state index in [1.807, 2.05) is 30.0 Å². The molecule has 0 amide bonds. The van der Waals surface area contributed by atoms with Crippen molar-refractivity contribution in [2.75, 3.05) is 18.0 Å². The van der Waals surface area contributed by atoms with Crippen LogP contribution in [0, 0.1) is 5.82 Å². The minimum absolute atomic E-state index is 0.138. The molecule has 0 heterocycles. The lowest BCUT2D eigenvalue weighted by Gasteiger charge is -2.35. The van der Waals surface area contributed by atoms with Crippen molar-refractivity contribution < 1.29 is 4.39 Å². The van der Waals surface area contributed by atoms with Crippen molar-refractivity contribution in [1.29, 1.82) is 0 Å². The fraction of sp³-hybridized carbons (Fsp3) is 0.520. The highest BCUT2D eigenvalue weighted by Gasteiger charge is 2.35. The average molecular weight is 860 g/mol. The third-order valence-electron chi connectivity index (χ3n) is 12.5. The van der Waals surface area contributed by atoms with E-state index in [1.54, 1.807) is 16.4 Å². The Morgan fingerprint density at radius 1 is 0.561 bits per heavy atom. The maximum Gasteiger partial charge on any atom is 0.146 e. The molecular weight excluding hydrogens is 784 g/mol. The molecule has 0 fully saturated rings. The fourth-order valence-corrected chi connectivity index (χ4v) is 25.8. The van der Waals surface area contributed by atoms with Crippen molar-refractivity contribution in [3.8, 4) is 11.1 Å². The summed E-state index contributed by atoms with van der Waals surface area (Å²) in [5.41, 5.74) is 3.47. The summed E-state index contributed by atoms with van der Waals surface area (Å²) in [6, 6.07) is 42.7. The van der Waals surface area contributed by atoms with E-state index in [1.165, 1.54) is 140 Å². The molecule has 4 aromatic carbocycles. The van der Waals surface area contributed by atoms with Gasteiger partial charge in [-0.15, -0.1) is 11.8 Å². The van der Waals surface area contributed by atoms with Crippen molar-refractivity contribution in [2.24, 2.45) is 0 Å². The predicted octanol–water partition coefficient (Wildman–Crippen LogP) is 15.4. The van der Waals surface area contributed by atoms with Crippen molar-refractivity contribution in [3.63, 3.8) is 0 Å². The molecule has 1 nitrogen and oxygen atoms in total. The van der Waals surface area contributed by atoms with Crippen molar-refractivity contribution in [2.45, 2.75) is 160 Å². The van der Waals surface area contributed by atoms with Crippen LogP contribution in [-0.4, -0.2) is 29.5 Å². The summed E-state index contributed by atoms with van der Waals surface area (Å²) >= 11 is 1.86. The minimum Gasteiger partial charge on any atom is -0.344 e. The lowest BCUT2D eigenvalue weighted by atomic mass is 10.1. The molecule has 4 aromatic rings. The first-order valence-corrected chi connectivity index (χ1v) is 32.3. The Hall–Kier alpha value is -1.75. The Bertz CT molecular complexity index is 1710. The maximum atomic E-state index is 15.7. The molecular formula is C50H76FNP2SSi2. The van der Waals surface area contributed by atoms with Gasteiger partial charge < -0.3 is 4.67 Å². The van der Waals surface area contributed by atoms with E-state index in [-0.39, 0.29) is 5.82 Å². The third-order valence-corrected chi connectivity index (χ3v) is 29.8. The summed E-state index contributed by atoms with van der Waals surface area (Å²) in [7, 11) is -1.65. The summed E-state index contributed by atoms with van der Waals surface area (Å²) in [4.78, 5) is 1.34. The van der Waals surface area contributed by atoms with E-state index < -0.39 is 23.9 Å². The highest BCUT2D eigenvalue weighted by atomic mass is 32.2. The number of benzene rings is 4. The Kier molecular flexibility index (Phi) is 21.1. The first kappa shape index (κ1) is 47.9. The Morgan fingerprint density at radius 2 is 1.02 bits per heavy atom. The van der Waals surface area contributed by atoms with Gasteiger partial charge in [-0.2, -0.15) is 0 Å². The van der Waals surface area contributed by atoms with Crippen LogP contribution in [0.3, 0.4) is 0 Å². The Balaban J connectivity index is 1.92. The van der Waals surface area contributed by atoms with Crippen LogP contribution >= 0.6 is 27.8 Å². The molecule has 2 unspecified atom stereocenters. The second-order valence-corrected chi connectivity index (χ2v) is 31.2. The lowest BCUT2D eigenvalue weighted by Crippen LogP contribution is -2.48. The molecule has 2 atom stereocenters. The van der Waals surface area contributed by atoms with Gasteiger partial charge in [0.15, 0.2) is 0 Å². The predicted molar refractivity (Wildman–Crippen MR) is 268 cm³/mol. The smallest absolute Gasteiger partial charge is 0.146 e. The second kappa shape index (κ2) is 25.1. The number of rotatable bonds is 27. The van der Waals surface area contributed by atoms with Gasteiger partial charge in [-0.25, -0.2) is 4.39 Å². The SMILES string of the molecule is CCCC[Si](CCCC)(CCCC)c1ccc(P(Pc2ccc([Si](CCCC)(CCCC)CCCC)cc2-c2ccccc2SC)N(C)c2ccccc2F)cc1. The molecule has 57 heavy (non-hydrogen) atoms. The number of hydrogen-bond donors (Lipinski definition) is 0. The van der Waals surface area contributed by atoms with E-state index in [9.17, 15) is 0 Å². The standard InChI is InChI=1S/C50H76FNP2SSi2/c1-9-15-35-56(36-16-10-2,37-17-11-3)43-31-29-42(30-32-43)54(52(7)48-27-23-22-26-47(48)51)53-49-34-33-44(41-46(49)45-25-21-24-28-50(45)55-8)57(38-18-12-4,39-19-13-5)40-20-14-6/h21-34,41,53H,9-20,35-40H2,1-8H3. The van der Waals surface area contributed by atoms with Gasteiger partial charge in [0.05, 0.1) is 21.8 Å². The average Bonchev–Trinajstić information content (AvgIpc) is 3.25. The molecule has 7 heteroatoms. The number of anilines is 1. The monoisotopic (exact) mass is 859 g/mol. The summed E-state index contributed by atoms with van der Waals surface area (Å²) in [5, 5.41) is 6.09. The fourth-order valence-electron chi connectivity index (χ4n) is 8.97. The largest absolute Gasteiger partial charge is 0.344 e. The van der Waals surface area contributed by atoms with Gasteiger partial charge in [0.25, 0.3) is 0 Å². The number of para-hydroxylation sites is 1. The molecule has 4 rings (SSSR count). The van der Waals surface area contributed by atoms with E-state index in [0.29, 0.717) is 14.0 Å². The molecule has 0 aliphatic heterocycles. The number of halogens is 1. The van der Waals surface area contributed by atoms with Crippen LogP contribution in [0.25, 0.3) is 11.1 Å². The highest BCUT2D eigenvalue weighted by molar-refractivity contribution is 8.28. The maximum absolute atomic E-state index is 15.7. The molecule has 312 valence electrons. The van der Waals surface area contributed by atoms with Crippen molar-refractivity contribution in [1.82, 2.24) is 0 Å². The minimum atomic E-state index is -1.74. The molecule has 0 saturated heterocycles. The highest BCUT2D eigenvalue weighted by Crippen LogP contribution is 2.58. The number of nitrogens with zero attached hydrogens (tertiary/aromatic N) is 1. The molecule has 0 N–H and O–H groups in total. The first-order valence-electron chi connectivity index (χ1n) is 22.7. The van der Waals surface area contributed by atoms with Crippen LogP contribution in [-0.2, 0) is 0 Å². The third kappa shape index (κ3) is 12.9. The van der Waals surface area contributed by atoms with Gasteiger partial charge in [0.1, 0.15) is 5.82 Å². The van der Waals surface area contributed by atoms with Crippen LogP contribution in [0.4, 0.5) is 10.1 Å². The zero-order valence-corrected chi connectivity index (χ0v) is 41.8. The number of thioether (sulfide) groups is 1. The summed E-state index contributed by atoms with van der Waals surface area (Å²) in [5.74, 6) is -0.138. The van der Waals surface area contributed by atoms with Crippen LogP contribution in [0.15, 0.2) is 95.9 Å². The van der Waals surface area contributed by atoms with Gasteiger partial charge >= 0.3 is 0 Å². The lowest BCUT2D eigenvalue weighted by molar-refractivity contribution is 0.629. The first-order chi connectivity index (χ1) is 27.8. The molecule has 0 bridgehead atoms. The van der Waals surface area contributed by atoms with Gasteiger partial charge in [0, 0.05) is 25.0 Å². The van der Waals surface area contributed by atoms with E-state index >= 15 is 4.39 Å². The molecule has 0 aliphatic rings. The molecule has 0 aliphatic carbocycles. The summed E-state index contributed by atoms with van der Waals surface area (Å²) in [6.07, 6.45) is 17.8. The molecule has 0 aromatic heterocycles. The zero-order valence-electron chi connectivity index (χ0n) is 37.1. The van der Waals surface area contributed by atoms with Gasteiger partial charge in [0.2, 0.25) is 0 Å². The van der Waals surface area contributed by atoms with Crippen molar-refractivity contribution in [3.05, 3.63) is 96.8 Å². The Labute approximate surface area is 358 Å². The van der Waals surface area contributed by atoms with Gasteiger partial charge in [-0.1, -0.05) is 238 Å². The topological polar surface area (TPSA) is 3.24 Å². The molecule has 0 spiro atoms. The number of unbranched alkanes of at least 4 members (excludes halogenated alkanes) is 6. The molecule has 0 radical (unpaired) electrons. The van der Waals surface area contributed by atoms with Crippen LogP contribution < -0.4 is 25.7 Å². The number of hydrogen-bond acceptors (Lipinski definition) is 2. The van der Waals surface area contributed by atoms with Crippen molar-refractivity contribution >= 4 is 70.6 Å². The van der Waals surface area contributed by atoms with Crippen LogP contribution in [0.1, 0.15) is 119 Å². The quantitative estimate of drug-likeness (QED) is 0.0334. The molecule has 0 saturated carbocycles. The zero-order chi connectivity index (χ0) is 41.1. The van der Waals surface area contributed by atoms with E-state index in [0.717, 1.165) is 0 Å². The Morgan fingerprint density at radius 3 is 1.51 bits per heavy atom. The summed E-state index contributed by atoms with van der Waals surface area (Å²) in [6.45, 7) is 14.2. The van der Waals surface area contributed by atoms with E-state index in [4.69, 9.17) is 0 Å². The van der Waals surface area contributed by atoms with Crippen LogP contribution in [0.5, 0.6) is 0 Å². The van der Waals surface area contributed by atoms with Gasteiger partial charge in [-0.3, -0.25) is 0 Å².